The molecule has 0 saturated carbocycles. The average molecular weight is 468 g/mol. The fourth-order valence-electron chi connectivity index (χ4n) is 3.48. The van der Waals surface area contributed by atoms with Gasteiger partial charge in [0.1, 0.15) is 11.6 Å². The second-order valence-corrected chi connectivity index (χ2v) is 9.49. The van der Waals surface area contributed by atoms with Gasteiger partial charge >= 0.3 is 0 Å². The zero-order valence-corrected chi connectivity index (χ0v) is 18.6. The second-order valence-electron chi connectivity index (χ2n) is 7.19. The van der Waals surface area contributed by atoms with Gasteiger partial charge in [-0.25, -0.2) is 13.4 Å². The van der Waals surface area contributed by atoms with E-state index in [1.807, 2.05) is 13.0 Å². The van der Waals surface area contributed by atoms with E-state index in [1.165, 1.54) is 4.52 Å². The molecule has 162 valence electrons. The molecule has 0 radical (unpaired) electrons. The fraction of sp³-hybridized carbons (Fsp3) is 0.136. The summed E-state index contributed by atoms with van der Waals surface area (Å²) in [5.74, 6) is 1.16. The first-order valence-electron chi connectivity index (χ1n) is 9.92. The number of aryl methyl sites for hydroxylation is 1. The number of benzene rings is 2. The number of nitrogens with one attached hydrogen (secondary N) is 1. The van der Waals surface area contributed by atoms with Crippen molar-refractivity contribution < 1.29 is 12.8 Å². The van der Waals surface area contributed by atoms with Crippen LogP contribution < -0.4 is 5.32 Å². The molecule has 0 fully saturated rings. The van der Waals surface area contributed by atoms with Crippen molar-refractivity contribution in [2.45, 2.75) is 29.8 Å². The Morgan fingerprint density at radius 3 is 2.66 bits per heavy atom. The molecule has 3 heterocycles. The van der Waals surface area contributed by atoms with Gasteiger partial charge in [-0.2, -0.15) is 4.52 Å². The summed E-state index contributed by atoms with van der Waals surface area (Å²) in [4.78, 5) is 4.72. The topological polar surface area (TPSA) is 102 Å². The van der Waals surface area contributed by atoms with E-state index in [-0.39, 0.29) is 15.6 Å². The predicted molar refractivity (Wildman–Crippen MR) is 121 cm³/mol. The van der Waals surface area contributed by atoms with Gasteiger partial charge in [0.05, 0.1) is 23.2 Å². The summed E-state index contributed by atoms with van der Waals surface area (Å²) < 4.78 is 33.5. The van der Waals surface area contributed by atoms with Gasteiger partial charge in [-0.05, 0) is 54.4 Å². The van der Waals surface area contributed by atoms with Crippen LogP contribution in [0, 0.1) is 0 Å². The molecule has 0 unspecified atom stereocenters. The lowest BCUT2D eigenvalue weighted by atomic mass is 10.2. The van der Waals surface area contributed by atoms with Crippen LogP contribution in [0.5, 0.6) is 0 Å². The van der Waals surface area contributed by atoms with Crippen molar-refractivity contribution in [1.82, 2.24) is 19.8 Å². The number of anilines is 1. The largest absolute Gasteiger partial charge is 0.467 e. The van der Waals surface area contributed by atoms with Crippen LogP contribution >= 0.6 is 11.6 Å². The number of rotatable bonds is 6. The highest BCUT2D eigenvalue weighted by Gasteiger charge is 2.27. The molecule has 10 heteroatoms. The predicted octanol–water partition coefficient (Wildman–Crippen LogP) is 4.53. The molecule has 8 nitrogen and oxygen atoms in total. The molecule has 3 aromatic heterocycles. The van der Waals surface area contributed by atoms with Crippen LogP contribution in [0.4, 0.5) is 5.82 Å². The highest BCUT2D eigenvalue weighted by Crippen LogP contribution is 2.30. The Bertz CT molecular complexity index is 1530. The summed E-state index contributed by atoms with van der Waals surface area (Å²) >= 11 is 6.21. The molecular weight excluding hydrogens is 450 g/mol. The Labute approximate surface area is 188 Å². The van der Waals surface area contributed by atoms with Gasteiger partial charge in [0.2, 0.25) is 14.9 Å². The van der Waals surface area contributed by atoms with Gasteiger partial charge in [-0.3, -0.25) is 0 Å². The van der Waals surface area contributed by atoms with Crippen LogP contribution in [0.2, 0.25) is 5.02 Å². The molecule has 1 N–H and O–H groups in total. The zero-order chi connectivity index (χ0) is 22.3. The van der Waals surface area contributed by atoms with E-state index < -0.39 is 9.84 Å². The minimum absolute atomic E-state index is 0.126. The molecule has 2 aromatic carbocycles. The first kappa shape index (κ1) is 20.5. The molecule has 0 atom stereocenters. The molecule has 5 rings (SSSR count). The third-order valence-electron chi connectivity index (χ3n) is 5.18. The Hall–Kier alpha value is -3.43. The third-order valence-corrected chi connectivity index (χ3v) is 7.08. The smallest absolute Gasteiger partial charge is 0.229 e. The maximum atomic E-state index is 13.3. The van der Waals surface area contributed by atoms with Crippen molar-refractivity contribution in [3.63, 3.8) is 0 Å². The van der Waals surface area contributed by atoms with Crippen molar-refractivity contribution >= 4 is 43.8 Å². The van der Waals surface area contributed by atoms with Crippen LogP contribution in [0.15, 0.2) is 75.2 Å². The van der Waals surface area contributed by atoms with Crippen LogP contribution in [0.1, 0.15) is 18.2 Å². The summed E-state index contributed by atoms with van der Waals surface area (Å²) in [6.45, 7) is 2.37. The van der Waals surface area contributed by atoms with Crippen LogP contribution in [0.3, 0.4) is 0 Å². The summed E-state index contributed by atoms with van der Waals surface area (Å²) in [5.41, 5.74) is 1.79. The lowest BCUT2D eigenvalue weighted by Crippen LogP contribution is -2.07. The molecule has 32 heavy (non-hydrogen) atoms. The summed E-state index contributed by atoms with van der Waals surface area (Å²) in [5, 5.41) is 12.3. The maximum absolute atomic E-state index is 13.3. The number of halogens is 1. The van der Waals surface area contributed by atoms with Crippen molar-refractivity contribution in [2.24, 2.45) is 0 Å². The zero-order valence-electron chi connectivity index (χ0n) is 17.0. The highest BCUT2D eigenvalue weighted by atomic mass is 35.5. The van der Waals surface area contributed by atoms with E-state index in [0.717, 1.165) is 12.0 Å². The van der Waals surface area contributed by atoms with Crippen LogP contribution in [-0.2, 0) is 22.8 Å². The Kier molecular flexibility index (Phi) is 5.07. The first-order valence-corrected chi connectivity index (χ1v) is 11.8. The standard InChI is InChI=1S/C22H18ClN5O3S/c1-2-14-5-8-17(9-6-14)32(29,30)22-21-25-20(24-13-16-4-3-11-31-16)18-12-15(23)7-10-19(18)28(21)27-26-22/h3-12H,2,13H2,1H3,(H,24,25). The number of aromatic nitrogens is 4. The van der Waals surface area contributed by atoms with E-state index >= 15 is 0 Å². The minimum atomic E-state index is -3.93. The number of hydrogen-bond donors (Lipinski definition) is 1. The molecule has 0 aliphatic heterocycles. The first-order chi connectivity index (χ1) is 15.5. The van der Waals surface area contributed by atoms with E-state index in [2.05, 4.69) is 20.6 Å². The van der Waals surface area contributed by atoms with Crippen molar-refractivity contribution in [1.29, 1.82) is 0 Å². The average Bonchev–Trinajstić information content (AvgIpc) is 3.47. The Balaban J connectivity index is 1.68. The normalized spacial score (nSPS) is 11.9. The second kappa shape index (κ2) is 7.92. The number of nitrogens with zero attached hydrogens (tertiary/aromatic N) is 4. The van der Waals surface area contributed by atoms with Gasteiger partial charge in [0.15, 0.2) is 5.65 Å². The van der Waals surface area contributed by atoms with Crippen molar-refractivity contribution in [2.75, 3.05) is 5.32 Å². The molecule has 0 amide bonds. The molecular formula is C22H18ClN5O3S. The molecule has 0 aliphatic rings. The number of hydrogen-bond acceptors (Lipinski definition) is 7. The minimum Gasteiger partial charge on any atom is -0.467 e. The van der Waals surface area contributed by atoms with Gasteiger partial charge in [-0.1, -0.05) is 35.9 Å². The van der Waals surface area contributed by atoms with Gasteiger partial charge in [0, 0.05) is 10.4 Å². The lowest BCUT2D eigenvalue weighted by Gasteiger charge is -2.10. The lowest BCUT2D eigenvalue weighted by molar-refractivity contribution is 0.518. The van der Waals surface area contributed by atoms with E-state index in [4.69, 9.17) is 16.0 Å². The Morgan fingerprint density at radius 2 is 1.94 bits per heavy atom. The van der Waals surface area contributed by atoms with Crippen molar-refractivity contribution in [3.8, 4) is 0 Å². The molecule has 0 spiro atoms. The number of sulfone groups is 1. The van der Waals surface area contributed by atoms with E-state index in [0.29, 0.717) is 34.0 Å². The van der Waals surface area contributed by atoms with Crippen LogP contribution in [-0.4, -0.2) is 28.2 Å². The number of fused-ring (bicyclic) bond motifs is 3. The van der Waals surface area contributed by atoms with Gasteiger partial charge in [-0.15, -0.1) is 5.10 Å². The monoisotopic (exact) mass is 467 g/mol. The highest BCUT2D eigenvalue weighted by molar-refractivity contribution is 7.91. The third kappa shape index (κ3) is 3.49. The van der Waals surface area contributed by atoms with Gasteiger partial charge < -0.3 is 9.73 Å². The van der Waals surface area contributed by atoms with Crippen molar-refractivity contribution in [3.05, 3.63) is 77.2 Å². The summed E-state index contributed by atoms with van der Waals surface area (Å²) in [6, 6.07) is 15.6. The quantitative estimate of drug-likeness (QED) is 0.391. The number of furan rings is 1. The SMILES string of the molecule is CCc1ccc(S(=O)(=O)c2nnn3c2nc(NCc2ccco2)c2cc(Cl)ccc23)cc1. The van der Waals surface area contributed by atoms with E-state index in [1.54, 1.807) is 54.8 Å². The van der Waals surface area contributed by atoms with Crippen LogP contribution in [0.25, 0.3) is 16.6 Å². The van der Waals surface area contributed by atoms with E-state index in [9.17, 15) is 8.42 Å². The Morgan fingerprint density at radius 1 is 1.12 bits per heavy atom. The maximum Gasteiger partial charge on any atom is 0.229 e. The molecule has 5 aromatic rings. The fourth-order valence-corrected chi connectivity index (χ4v) is 4.88. The summed E-state index contributed by atoms with van der Waals surface area (Å²) in [7, 11) is -3.93. The van der Waals surface area contributed by atoms with Gasteiger partial charge in [0.25, 0.3) is 0 Å². The molecule has 0 bridgehead atoms. The summed E-state index contributed by atoms with van der Waals surface area (Å²) in [6.07, 6.45) is 2.40. The molecule has 0 aliphatic carbocycles. The molecule has 0 saturated heterocycles.